The first-order valence-corrected chi connectivity index (χ1v) is 11.5. The van der Waals surface area contributed by atoms with Crippen LogP contribution in [0, 0.1) is 22.7 Å². The summed E-state index contributed by atoms with van der Waals surface area (Å²) in [6.07, 6.45) is -0.201. The number of ketones is 5. The van der Waals surface area contributed by atoms with Gasteiger partial charge in [-0.2, -0.15) is 0 Å². The van der Waals surface area contributed by atoms with E-state index in [-0.39, 0.29) is 35.2 Å². The van der Waals surface area contributed by atoms with Crippen molar-refractivity contribution in [3.8, 4) is 5.75 Å². The van der Waals surface area contributed by atoms with Crippen LogP contribution >= 0.6 is 0 Å². The van der Waals surface area contributed by atoms with E-state index in [9.17, 15) is 39.0 Å². The molecule has 0 spiro atoms. The number of aromatic hydroxyl groups is 1. The number of phenols is 1. The van der Waals surface area contributed by atoms with Crippen molar-refractivity contribution in [2.75, 3.05) is 19.8 Å². The van der Waals surface area contributed by atoms with Gasteiger partial charge in [0.25, 0.3) is 0 Å². The molecule has 192 valence electrons. The van der Waals surface area contributed by atoms with Gasteiger partial charge in [-0.1, -0.05) is 13.8 Å². The number of carbonyl (C=O) groups excluding carboxylic acids is 6. The minimum Gasteiger partial charge on any atom is -0.505 e. The van der Waals surface area contributed by atoms with Crippen molar-refractivity contribution in [1.29, 1.82) is 0 Å². The van der Waals surface area contributed by atoms with E-state index in [4.69, 9.17) is 11.5 Å². The molecule has 1 aromatic carbocycles. The Balaban J connectivity index is 2.02. The minimum atomic E-state index is -2.88. The largest absolute Gasteiger partial charge is 0.505 e. The summed E-state index contributed by atoms with van der Waals surface area (Å²) in [5.74, 6) is -10.2. The lowest BCUT2D eigenvalue weighted by Crippen LogP contribution is -2.79. The van der Waals surface area contributed by atoms with Crippen molar-refractivity contribution in [2.45, 2.75) is 45.3 Å². The average Bonchev–Trinajstić information content (AvgIpc) is 2.72. The van der Waals surface area contributed by atoms with Gasteiger partial charge in [0.05, 0.1) is 23.2 Å². The number of anilines is 1. The number of rotatable bonds is 3. The van der Waals surface area contributed by atoms with Crippen molar-refractivity contribution in [3.05, 3.63) is 22.8 Å². The summed E-state index contributed by atoms with van der Waals surface area (Å²) in [5.41, 5.74) is 5.10. The molecule has 4 rings (SSSR count). The SMILES string of the molecule is CC(=O)c1cc(N)c(O)c2c1C[C@@]1(C)C[C@@]3(C)[C@H](N(C)C)C(=O)C(C(N)=O)C(=O)C3(O)C(=O)C1C2=O. The number of Topliss-reactive ketones (excluding diaryl/α,β-unsaturated/α-hetero) is 5. The molecule has 1 amide bonds. The fourth-order valence-electron chi connectivity index (χ4n) is 7.12. The molecule has 0 bridgehead atoms. The highest BCUT2D eigenvalue weighted by atomic mass is 16.3. The summed E-state index contributed by atoms with van der Waals surface area (Å²) < 4.78 is 0. The predicted octanol–water partition coefficient (Wildman–Crippen LogP) is -0.568. The van der Waals surface area contributed by atoms with Gasteiger partial charge in [-0.25, -0.2) is 0 Å². The Kier molecular flexibility index (Phi) is 5.37. The fraction of sp³-hybridized carbons (Fsp3) is 0.520. The fourth-order valence-corrected chi connectivity index (χ4v) is 7.12. The molecule has 3 aliphatic carbocycles. The third-order valence-electron chi connectivity index (χ3n) is 8.40. The number of aliphatic hydroxyl groups is 1. The maximum atomic E-state index is 14.1. The van der Waals surface area contributed by atoms with Crippen molar-refractivity contribution in [2.24, 2.45) is 28.4 Å². The maximum Gasteiger partial charge on any atom is 0.235 e. The van der Waals surface area contributed by atoms with Gasteiger partial charge in [0.15, 0.2) is 40.4 Å². The van der Waals surface area contributed by atoms with Crippen LogP contribution < -0.4 is 11.5 Å². The van der Waals surface area contributed by atoms with Gasteiger partial charge in [-0.15, -0.1) is 0 Å². The van der Waals surface area contributed by atoms with Gasteiger partial charge >= 0.3 is 0 Å². The van der Waals surface area contributed by atoms with Crippen LogP contribution in [0.2, 0.25) is 0 Å². The molecular formula is C25H29N3O8. The molecule has 0 saturated heterocycles. The molecule has 2 saturated carbocycles. The number of carbonyl (C=O) groups is 6. The predicted molar refractivity (Wildman–Crippen MR) is 125 cm³/mol. The van der Waals surface area contributed by atoms with Crippen LogP contribution in [0.4, 0.5) is 5.69 Å². The van der Waals surface area contributed by atoms with Crippen molar-refractivity contribution in [3.63, 3.8) is 0 Å². The molecule has 11 heteroatoms. The Hall–Kier alpha value is -3.44. The summed E-state index contributed by atoms with van der Waals surface area (Å²) in [4.78, 5) is 80.6. The van der Waals surface area contributed by atoms with E-state index in [1.54, 1.807) is 6.92 Å². The van der Waals surface area contributed by atoms with Crippen LogP contribution in [0.1, 0.15) is 53.5 Å². The van der Waals surface area contributed by atoms with Gasteiger partial charge in [0.1, 0.15) is 5.75 Å². The number of amides is 1. The molecular weight excluding hydrogens is 470 g/mol. The average molecular weight is 500 g/mol. The number of fused-ring (bicyclic) bond motifs is 3. The van der Waals surface area contributed by atoms with Crippen LogP contribution in [-0.4, -0.2) is 75.7 Å². The molecule has 6 N–H and O–H groups in total. The Morgan fingerprint density at radius 1 is 1.11 bits per heavy atom. The molecule has 36 heavy (non-hydrogen) atoms. The Morgan fingerprint density at radius 2 is 1.69 bits per heavy atom. The zero-order valence-corrected chi connectivity index (χ0v) is 20.7. The number of likely N-dealkylation sites (N-methyl/N-ethyl adjacent to an activating group) is 1. The van der Waals surface area contributed by atoms with Crippen molar-refractivity contribution < 1.29 is 39.0 Å². The number of hydrogen-bond acceptors (Lipinski definition) is 10. The van der Waals surface area contributed by atoms with Gasteiger partial charge in [-0.3, -0.25) is 33.7 Å². The number of nitrogens with zero attached hydrogens (tertiary/aromatic N) is 1. The molecule has 11 nitrogen and oxygen atoms in total. The standard InChI is InChI=1S/C25H29N3O8/c1-9(29)10-6-12(26)16(30)13-11(10)7-23(2)8-24(3)19(28(4)5)18(32)14(22(27)35)20(33)25(24,36)21(34)15(23)17(13)31/h6,14-15,19,30,36H,7-8,26H2,1-5H3,(H2,27,35)/t14?,15?,19-,23+,24+,25?/m1/s1. The van der Waals surface area contributed by atoms with Gasteiger partial charge in [0, 0.05) is 11.0 Å². The van der Waals surface area contributed by atoms with Crippen molar-refractivity contribution in [1.82, 2.24) is 4.90 Å². The topological polar surface area (TPSA) is 198 Å². The normalized spacial score (nSPS) is 35.8. The quantitative estimate of drug-likeness (QED) is 0.181. The van der Waals surface area contributed by atoms with Gasteiger partial charge < -0.3 is 21.7 Å². The lowest BCUT2D eigenvalue weighted by atomic mass is 9.42. The van der Waals surface area contributed by atoms with E-state index in [1.165, 1.54) is 38.9 Å². The van der Waals surface area contributed by atoms with Crippen molar-refractivity contribution >= 4 is 40.5 Å². The summed E-state index contributed by atoms with van der Waals surface area (Å²) in [5, 5.41) is 22.5. The Morgan fingerprint density at radius 3 is 2.19 bits per heavy atom. The zero-order chi connectivity index (χ0) is 27.3. The first-order valence-electron chi connectivity index (χ1n) is 11.5. The zero-order valence-electron chi connectivity index (χ0n) is 20.7. The first-order chi connectivity index (χ1) is 16.5. The Labute approximate surface area is 206 Å². The van der Waals surface area contributed by atoms with Crippen LogP contribution in [0.5, 0.6) is 5.75 Å². The molecule has 6 atom stereocenters. The van der Waals surface area contributed by atoms with Gasteiger partial charge in [0.2, 0.25) is 5.91 Å². The molecule has 3 aliphatic rings. The molecule has 0 radical (unpaired) electrons. The van der Waals surface area contributed by atoms with E-state index >= 15 is 0 Å². The van der Waals surface area contributed by atoms with Crippen LogP contribution in [0.15, 0.2) is 6.07 Å². The lowest BCUT2D eigenvalue weighted by molar-refractivity contribution is -0.203. The van der Waals surface area contributed by atoms with Crippen LogP contribution in [-0.2, 0) is 25.6 Å². The summed E-state index contributed by atoms with van der Waals surface area (Å²) in [7, 11) is 3.02. The molecule has 3 unspecified atom stereocenters. The Bertz CT molecular complexity index is 1300. The van der Waals surface area contributed by atoms with Gasteiger partial charge in [-0.05, 0) is 50.9 Å². The second-order valence-electron chi connectivity index (χ2n) is 11.0. The van der Waals surface area contributed by atoms with E-state index in [0.29, 0.717) is 0 Å². The minimum absolute atomic E-state index is 0.0410. The second-order valence-corrected chi connectivity index (χ2v) is 11.0. The third-order valence-corrected chi connectivity index (χ3v) is 8.40. The highest BCUT2D eigenvalue weighted by Crippen LogP contribution is 2.62. The number of primary amides is 1. The van der Waals surface area contributed by atoms with E-state index in [0.717, 1.165) is 0 Å². The molecule has 0 aliphatic heterocycles. The number of nitrogen functional groups attached to an aromatic ring is 1. The third kappa shape index (κ3) is 2.86. The molecule has 1 aromatic rings. The highest BCUT2D eigenvalue weighted by molar-refractivity contribution is 6.33. The smallest absolute Gasteiger partial charge is 0.235 e. The van der Waals surface area contributed by atoms with E-state index in [1.807, 2.05) is 0 Å². The van der Waals surface area contributed by atoms with Crippen LogP contribution in [0.25, 0.3) is 0 Å². The number of hydrogen-bond donors (Lipinski definition) is 4. The highest BCUT2D eigenvalue weighted by Gasteiger charge is 2.76. The second kappa shape index (κ2) is 7.53. The number of phenolic OH excluding ortho intramolecular Hbond substituents is 1. The molecule has 2 fully saturated rings. The maximum absolute atomic E-state index is 14.1. The summed E-state index contributed by atoms with van der Waals surface area (Å²) >= 11 is 0. The van der Waals surface area contributed by atoms with E-state index < -0.39 is 74.9 Å². The van der Waals surface area contributed by atoms with E-state index in [2.05, 4.69) is 0 Å². The number of benzene rings is 1. The summed E-state index contributed by atoms with van der Waals surface area (Å²) in [6, 6.07) is 0.00668. The monoisotopic (exact) mass is 499 g/mol. The molecule has 0 heterocycles. The lowest BCUT2D eigenvalue weighted by Gasteiger charge is -2.61. The summed E-state index contributed by atoms with van der Waals surface area (Å²) in [6.45, 7) is 4.30. The van der Waals surface area contributed by atoms with Crippen LogP contribution in [0.3, 0.4) is 0 Å². The molecule has 0 aromatic heterocycles. The number of nitrogens with two attached hydrogens (primary N) is 2. The first kappa shape index (κ1) is 25.6.